The van der Waals surface area contributed by atoms with Gasteiger partial charge in [0.2, 0.25) is 0 Å². The predicted molar refractivity (Wildman–Crippen MR) is 74.1 cm³/mol. The van der Waals surface area contributed by atoms with Gasteiger partial charge in [-0.2, -0.15) is 0 Å². The van der Waals surface area contributed by atoms with Gasteiger partial charge in [0.05, 0.1) is 6.10 Å². The summed E-state index contributed by atoms with van der Waals surface area (Å²) in [6, 6.07) is 5.78. The lowest BCUT2D eigenvalue weighted by Crippen LogP contribution is -2.39. The molecule has 0 heterocycles. The molecule has 1 N–H and O–H groups in total. The van der Waals surface area contributed by atoms with Crippen LogP contribution in [0, 0.1) is 0 Å². The van der Waals surface area contributed by atoms with E-state index in [-0.39, 0.29) is 12.1 Å². The molecule has 0 fully saturated rings. The Kier molecular flexibility index (Phi) is 6.28. The molecule has 1 aromatic rings. The lowest BCUT2D eigenvalue weighted by atomic mass is 10.0. The molecule has 96 valence electrons. The zero-order valence-corrected chi connectivity index (χ0v) is 12.0. The number of halogens is 2. The minimum absolute atomic E-state index is 0.123. The number of nitrogens with one attached hydrogen (secondary N) is 1. The number of rotatable bonds is 6. The highest BCUT2D eigenvalue weighted by Crippen LogP contribution is 2.26. The number of likely N-dealkylation sites (N-methyl/N-ethyl adjacent to an activating group) is 1. The molecule has 17 heavy (non-hydrogen) atoms. The zero-order chi connectivity index (χ0) is 12.8. The van der Waals surface area contributed by atoms with Crippen LogP contribution in [0.25, 0.3) is 0 Å². The van der Waals surface area contributed by atoms with Crippen LogP contribution >= 0.6 is 23.2 Å². The molecule has 0 amide bonds. The van der Waals surface area contributed by atoms with E-state index in [1.807, 2.05) is 32.2 Å². The van der Waals surface area contributed by atoms with Gasteiger partial charge in [-0.05, 0) is 45.0 Å². The Labute approximate surface area is 113 Å². The fraction of sp³-hybridized carbons (Fsp3) is 0.538. The lowest BCUT2D eigenvalue weighted by molar-refractivity contribution is 0.0497. The third kappa shape index (κ3) is 4.14. The first kappa shape index (κ1) is 14.8. The van der Waals surface area contributed by atoms with Gasteiger partial charge in [0, 0.05) is 22.7 Å². The van der Waals surface area contributed by atoms with Crippen LogP contribution in [0.3, 0.4) is 0 Å². The Hall–Kier alpha value is -0.280. The first-order chi connectivity index (χ1) is 8.10. The van der Waals surface area contributed by atoms with E-state index in [1.165, 1.54) is 0 Å². The summed E-state index contributed by atoms with van der Waals surface area (Å²) in [7, 11) is 1.92. The predicted octanol–water partition coefficient (Wildman–Crippen LogP) is 3.55. The van der Waals surface area contributed by atoms with E-state index < -0.39 is 0 Å². The molecule has 2 atom stereocenters. The average molecular weight is 276 g/mol. The highest BCUT2D eigenvalue weighted by Gasteiger charge is 2.18. The molecule has 0 aromatic heterocycles. The van der Waals surface area contributed by atoms with Crippen molar-refractivity contribution >= 4 is 23.2 Å². The van der Waals surface area contributed by atoms with Crippen molar-refractivity contribution in [3.05, 3.63) is 33.8 Å². The second-order valence-electron chi connectivity index (χ2n) is 3.96. The smallest absolute Gasteiger partial charge is 0.0702 e. The van der Waals surface area contributed by atoms with Crippen LogP contribution in [-0.2, 0) is 11.2 Å². The summed E-state index contributed by atoms with van der Waals surface area (Å²) in [6.07, 6.45) is 0.883. The first-order valence-electron chi connectivity index (χ1n) is 5.81. The summed E-state index contributed by atoms with van der Waals surface area (Å²) in [5.74, 6) is 0. The SMILES string of the molecule is CCOC(C)C(Cc1c(Cl)cccc1Cl)NC. The Morgan fingerprint density at radius 1 is 1.29 bits per heavy atom. The van der Waals surface area contributed by atoms with Crippen molar-refractivity contribution in [2.75, 3.05) is 13.7 Å². The molecule has 0 spiro atoms. The normalized spacial score (nSPS) is 14.6. The summed E-state index contributed by atoms with van der Waals surface area (Å²) < 4.78 is 5.60. The van der Waals surface area contributed by atoms with Crippen LogP contribution in [0.5, 0.6) is 0 Å². The van der Waals surface area contributed by atoms with E-state index in [4.69, 9.17) is 27.9 Å². The van der Waals surface area contributed by atoms with Gasteiger partial charge in [-0.1, -0.05) is 29.3 Å². The third-order valence-electron chi connectivity index (χ3n) is 2.85. The molecule has 0 saturated carbocycles. The summed E-state index contributed by atoms with van der Waals surface area (Å²) in [5, 5.41) is 4.67. The largest absolute Gasteiger partial charge is 0.377 e. The van der Waals surface area contributed by atoms with Crippen molar-refractivity contribution < 1.29 is 4.74 Å². The van der Waals surface area contributed by atoms with Crippen molar-refractivity contribution in [2.24, 2.45) is 0 Å². The summed E-state index contributed by atoms with van der Waals surface area (Å²) in [6.45, 7) is 4.75. The summed E-state index contributed by atoms with van der Waals surface area (Å²) in [4.78, 5) is 0. The van der Waals surface area contributed by atoms with Crippen molar-refractivity contribution in [1.82, 2.24) is 5.32 Å². The van der Waals surface area contributed by atoms with E-state index in [9.17, 15) is 0 Å². The van der Waals surface area contributed by atoms with Gasteiger partial charge < -0.3 is 10.1 Å². The van der Waals surface area contributed by atoms with Crippen LogP contribution < -0.4 is 5.32 Å². The third-order valence-corrected chi connectivity index (χ3v) is 3.56. The van der Waals surface area contributed by atoms with Crippen LogP contribution in [0.4, 0.5) is 0 Å². The lowest BCUT2D eigenvalue weighted by Gasteiger charge is -2.24. The maximum atomic E-state index is 6.16. The maximum Gasteiger partial charge on any atom is 0.0702 e. The molecule has 0 saturated heterocycles. The highest BCUT2D eigenvalue weighted by atomic mass is 35.5. The Morgan fingerprint density at radius 2 is 1.88 bits per heavy atom. The number of benzene rings is 1. The first-order valence-corrected chi connectivity index (χ1v) is 6.57. The van der Waals surface area contributed by atoms with Gasteiger partial charge in [0.25, 0.3) is 0 Å². The molecule has 0 aliphatic rings. The molecular formula is C13H19Cl2NO. The molecule has 2 nitrogen and oxygen atoms in total. The van der Waals surface area contributed by atoms with Crippen LogP contribution in [0.2, 0.25) is 10.0 Å². The average Bonchev–Trinajstić information content (AvgIpc) is 2.29. The van der Waals surface area contributed by atoms with Crippen molar-refractivity contribution in [3.8, 4) is 0 Å². The van der Waals surface area contributed by atoms with Gasteiger partial charge in [0.15, 0.2) is 0 Å². The molecule has 2 unspecified atom stereocenters. The minimum atomic E-state index is 0.123. The van der Waals surface area contributed by atoms with Gasteiger partial charge in [-0.25, -0.2) is 0 Å². The second kappa shape index (κ2) is 7.22. The fourth-order valence-corrected chi connectivity index (χ4v) is 2.38. The van der Waals surface area contributed by atoms with Crippen LogP contribution in [0.15, 0.2) is 18.2 Å². The van der Waals surface area contributed by atoms with E-state index in [2.05, 4.69) is 12.2 Å². The fourth-order valence-electron chi connectivity index (χ4n) is 1.83. The molecular weight excluding hydrogens is 257 g/mol. The van der Waals surface area contributed by atoms with Crippen molar-refractivity contribution in [1.29, 1.82) is 0 Å². The Morgan fingerprint density at radius 3 is 2.35 bits per heavy atom. The number of ether oxygens (including phenoxy) is 1. The Balaban J connectivity index is 2.80. The molecule has 0 radical (unpaired) electrons. The van der Waals surface area contributed by atoms with Crippen molar-refractivity contribution in [2.45, 2.75) is 32.4 Å². The van der Waals surface area contributed by atoms with E-state index >= 15 is 0 Å². The Bertz CT molecular complexity index is 337. The molecule has 1 rings (SSSR count). The quantitative estimate of drug-likeness (QED) is 0.858. The summed E-state index contributed by atoms with van der Waals surface area (Å²) in [5.41, 5.74) is 0.974. The van der Waals surface area contributed by atoms with E-state index in [0.717, 1.165) is 12.0 Å². The van der Waals surface area contributed by atoms with Gasteiger partial charge in [-0.3, -0.25) is 0 Å². The monoisotopic (exact) mass is 275 g/mol. The standard InChI is InChI=1S/C13H19Cl2NO/c1-4-17-9(2)13(16-3)8-10-11(14)6-5-7-12(10)15/h5-7,9,13,16H,4,8H2,1-3H3. The summed E-state index contributed by atoms with van der Waals surface area (Å²) >= 11 is 12.3. The molecule has 0 bridgehead atoms. The molecule has 0 aliphatic heterocycles. The number of hydrogen-bond acceptors (Lipinski definition) is 2. The minimum Gasteiger partial charge on any atom is -0.377 e. The number of hydrogen-bond donors (Lipinski definition) is 1. The van der Waals surface area contributed by atoms with E-state index in [0.29, 0.717) is 16.7 Å². The molecule has 1 aromatic carbocycles. The van der Waals surface area contributed by atoms with Gasteiger partial charge >= 0.3 is 0 Å². The van der Waals surface area contributed by atoms with Gasteiger partial charge in [0.1, 0.15) is 0 Å². The molecule has 4 heteroatoms. The second-order valence-corrected chi connectivity index (χ2v) is 4.77. The van der Waals surface area contributed by atoms with Crippen molar-refractivity contribution in [3.63, 3.8) is 0 Å². The van der Waals surface area contributed by atoms with Crippen LogP contribution in [0.1, 0.15) is 19.4 Å². The maximum absolute atomic E-state index is 6.16. The highest BCUT2D eigenvalue weighted by molar-refractivity contribution is 6.36. The van der Waals surface area contributed by atoms with Gasteiger partial charge in [-0.15, -0.1) is 0 Å². The topological polar surface area (TPSA) is 21.3 Å². The zero-order valence-electron chi connectivity index (χ0n) is 10.5. The van der Waals surface area contributed by atoms with E-state index in [1.54, 1.807) is 0 Å². The van der Waals surface area contributed by atoms with Crippen LogP contribution in [-0.4, -0.2) is 25.8 Å². The molecule has 0 aliphatic carbocycles.